The fourth-order valence-corrected chi connectivity index (χ4v) is 4.15. The number of carbonyl (C=O) groups excluding carboxylic acids is 1. The first-order chi connectivity index (χ1) is 10.1. The third-order valence-corrected chi connectivity index (χ3v) is 5.31. The Morgan fingerprint density at radius 2 is 2.10 bits per heavy atom. The molecular formula is C15H18N2O3S. The molecule has 0 bridgehead atoms. The summed E-state index contributed by atoms with van der Waals surface area (Å²) in [7, 11) is 0. The number of urea groups is 1. The number of anilines is 1. The molecule has 1 aliphatic carbocycles. The Labute approximate surface area is 127 Å². The summed E-state index contributed by atoms with van der Waals surface area (Å²) in [4.78, 5) is 25.0. The number of thioether (sulfide) groups is 1. The first kappa shape index (κ1) is 14.3. The molecular weight excluding hydrogens is 288 g/mol. The van der Waals surface area contributed by atoms with Gasteiger partial charge in [-0.25, -0.2) is 9.59 Å². The van der Waals surface area contributed by atoms with Crippen molar-refractivity contribution in [2.24, 2.45) is 0 Å². The van der Waals surface area contributed by atoms with Crippen molar-refractivity contribution in [3.05, 3.63) is 29.3 Å². The highest BCUT2D eigenvalue weighted by Crippen LogP contribution is 2.30. The summed E-state index contributed by atoms with van der Waals surface area (Å²) in [6.07, 6.45) is 3.31. The second-order valence-electron chi connectivity index (χ2n) is 5.46. The van der Waals surface area contributed by atoms with Crippen LogP contribution in [0.5, 0.6) is 0 Å². The lowest BCUT2D eigenvalue weighted by Crippen LogP contribution is -2.46. The van der Waals surface area contributed by atoms with E-state index in [0.717, 1.165) is 24.9 Å². The van der Waals surface area contributed by atoms with Gasteiger partial charge in [-0.2, -0.15) is 0 Å². The van der Waals surface area contributed by atoms with Crippen molar-refractivity contribution < 1.29 is 14.7 Å². The number of aryl methyl sites for hydroxylation is 2. The van der Waals surface area contributed by atoms with Gasteiger partial charge >= 0.3 is 12.0 Å². The average molecular weight is 306 g/mol. The molecule has 1 aliphatic heterocycles. The SMILES string of the molecule is CC1SCC(C(=O)O)N1C(=O)Nc1ccc2c(c1)CCC2. The van der Waals surface area contributed by atoms with Crippen molar-refractivity contribution in [3.8, 4) is 0 Å². The molecule has 0 spiro atoms. The highest BCUT2D eigenvalue weighted by molar-refractivity contribution is 8.00. The minimum atomic E-state index is -0.948. The number of nitrogens with one attached hydrogen (secondary N) is 1. The largest absolute Gasteiger partial charge is 0.480 e. The maximum Gasteiger partial charge on any atom is 0.327 e. The zero-order chi connectivity index (χ0) is 15.0. The number of carboxylic acids is 1. The highest BCUT2D eigenvalue weighted by Gasteiger charge is 2.39. The Morgan fingerprint density at radius 3 is 2.86 bits per heavy atom. The van der Waals surface area contributed by atoms with Crippen molar-refractivity contribution in [3.63, 3.8) is 0 Å². The minimum absolute atomic E-state index is 0.125. The molecule has 2 atom stereocenters. The monoisotopic (exact) mass is 306 g/mol. The van der Waals surface area contributed by atoms with Gasteiger partial charge in [0.05, 0.1) is 5.37 Å². The number of carbonyl (C=O) groups is 2. The van der Waals surface area contributed by atoms with Gasteiger partial charge in [0, 0.05) is 11.4 Å². The lowest BCUT2D eigenvalue weighted by atomic mass is 10.1. The van der Waals surface area contributed by atoms with Crippen LogP contribution in [0.15, 0.2) is 18.2 Å². The summed E-state index contributed by atoms with van der Waals surface area (Å²) < 4.78 is 0. The van der Waals surface area contributed by atoms with Crippen molar-refractivity contribution >= 4 is 29.4 Å². The number of aliphatic carboxylic acids is 1. The Hall–Kier alpha value is -1.69. The topological polar surface area (TPSA) is 69.6 Å². The Morgan fingerprint density at radius 1 is 1.33 bits per heavy atom. The summed E-state index contributed by atoms with van der Waals surface area (Å²) in [5.41, 5.74) is 3.38. The molecule has 2 amide bonds. The number of benzene rings is 1. The van der Waals surface area contributed by atoms with Crippen LogP contribution >= 0.6 is 11.8 Å². The van der Waals surface area contributed by atoms with Crippen LogP contribution in [-0.4, -0.2) is 39.2 Å². The fraction of sp³-hybridized carbons (Fsp3) is 0.467. The van der Waals surface area contributed by atoms with Crippen LogP contribution < -0.4 is 5.32 Å². The number of fused-ring (bicyclic) bond motifs is 1. The second-order valence-corrected chi connectivity index (χ2v) is 6.81. The quantitative estimate of drug-likeness (QED) is 0.881. The first-order valence-corrected chi connectivity index (χ1v) is 8.16. The van der Waals surface area contributed by atoms with Crippen molar-refractivity contribution in [2.45, 2.75) is 37.6 Å². The number of nitrogens with zero attached hydrogens (tertiary/aromatic N) is 1. The lowest BCUT2D eigenvalue weighted by molar-refractivity contribution is -0.141. The van der Waals surface area contributed by atoms with E-state index >= 15 is 0 Å². The standard InChI is InChI=1S/C15H18N2O3S/c1-9-17(13(8-21-9)14(18)19)15(20)16-12-6-5-10-3-2-4-11(10)7-12/h5-7,9,13H,2-4,8H2,1H3,(H,16,20)(H,18,19). The van der Waals surface area contributed by atoms with Gasteiger partial charge in [0.25, 0.3) is 0 Å². The maximum atomic E-state index is 12.4. The van der Waals surface area contributed by atoms with E-state index in [1.807, 2.05) is 19.1 Å². The third kappa shape index (κ3) is 2.72. The van der Waals surface area contributed by atoms with Crippen LogP contribution in [0.3, 0.4) is 0 Å². The van der Waals surface area contributed by atoms with Crippen LogP contribution in [0.2, 0.25) is 0 Å². The van der Waals surface area contributed by atoms with E-state index in [4.69, 9.17) is 0 Å². The lowest BCUT2D eigenvalue weighted by Gasteiger charge is -2.25. The summed E-state index contributed by atoms with van der Waals surface area (Å²) in [6, 6.07) is 4.86. The average Bonchev–Trinajstić information content (AvgIpc) is 3.04. The summed E-state index contributed by atoms with van der Waals surface area (Å²) in [5, 5.41) is 11.9. The molecule has 21 heavy (non-hydrogen) atoms. The van der Waals surface area contributed by atoms with E-state index in [2.05, 4.69) is 11.4 Å². The molecule has 1 saturated heterocycles. The molecule has 1 heterocycles. The minimum Gasteiger partial charge on any atom is -0.480 e. The summed E-state index contributed by atoms with van der Waals surface area (Å²) in [5.74, 6) is -0.510. The number of hydrogen-bond acceptors (Lipinski definition) is 3. The Kier molecular flexibility index (Phi) is 3.80. The first-order valence-electron chi connectivity index (χ1n) is 7.12. The van der Waals surface area contributed by atoms with Crippen LogP contribution in [0, 0.1) is 0 Å². The molecule has 1 aromatic rings. The predicted molar refractivity (Wildman–Crippen MR) is 82.7 cm³/mol. The molecule has 0 aromatic heterocycles. The van der Waals surface area contributed by atoms with E-state index in [1.165, 1.54) is 27.8 Å². The van der Waals surface area contributed by atoms with Gasteiger partial charge < -0.3 is 10.4 Å². The van der Waals surface area contributed by atoms with E-state index < -0.39 is 12.0 Å². The zero-order valence-corrected chi connectivity index (χ0v) is 12.7. The van der Waals surface area contributed by atoms with E-state index in [0.29, 0.717) is 5.75 Å². The smallest absolute Gasteiger partial charge is 0.327 e. The van der Waals surface area contributed by atoms with Crippen LogP contribution in [-0.2, 0) is 17.6 Å². The van der Waals surface area contributed by atoms with E-state index in [1.54, 1.807) is 0 Å². The molecule has 112 valence electrons. The molecule has 0 saturated carbocycles. The zero-order valence-electron chi connectivity index (χ0n) is 11.8. The fourth-order valence-electron chi connectivity index (χ4n) is 2.98. The van der Waals surface area contributed by atoms with Crippen molar-refractivity contribution in [1.82, 2.24) is 4.90 Å². The Balaban J connectivity index is 1.75. The third-order valence-electron chi connectivity index (χ3n) is 4.09. The van der Waals surface area contributed by atoms with Gasteiger partial charge in [0.2, 0.25) is 0 Å². The predicted octanol–water partition coefficient (Wildman–Crippen LogP) is 2.56. The van der Waals surface area contributed by atoms with Gasteiger partial charge in [-0.15, -0.1) is 11.8 Å². The van der Waals surface area contributed by atoms with E-state index in [9.17, 15) is 14.7 Å². The molecule has 2 aliphatic rings. The molecule has 1 aromatic carbocycles. The number of amides is 2. The number of hydrogen-bond donors (Lipinski definition) is 2. The molecule has 6 heteroatoms. The maximum absolute atomic E-state index is 12.4. The summed E-state index contributed by atoms with van der Waals surface area (Å²) >= 11 is 1.49. The van der Waals surface area contributed by atoms with Crippen molar-refractivity contribution in [2.75, 3.05) is 11.1 Å². The molecule has 2 unspecified atom stereocenters. The molecule has 5 nitrogen and oxygen atoms in total. The van der Waals surface area contributed by atoms with Gasteiger partial charge in [0.1, 0.15) is 6.04 Å². The second kappa shape index (κ2) is 5.60. The number of carboxylic acid groups (broad SMARTS) is 1. The van der Waals surface area contributed by atoms with E-state index in [-0.39, 0.29) is 11.4 Å². The molecule has 3 rings (SSSR count). The summed E-state index contributed by atoms with van der Waals surface area (Å²) in [6.45, 7) is 1.86. The van der Waals surface area contributed by atoms with Gasteiger partial charge in [-0.3, -0.25) is 4.90 Å². The molecule has 0 radical (unpaired) electrons. The van der Waals surface area contributed by atoms with Crippen LogP contribution in [0.25, 0.3) is 0 Å². The molecule has 1 fully saturated rings. The van der Waals surface area contributed by atoms with Crippen LogP contribution in [0.1, 0.15) is 24.5 Å². The molecule has 2 N–H and O–H groups in total. The van der Waals surface area contributed by atoms with Gasteiger partial charge in [-0.05, 0) is 49.4 Å². The normalized spacial score (nSPS) is 24.0. The number of rotatable bonds is 2. The van der Waals surface area contributed by atoms with Crippen LogP contribution in [0.4, 0.5) is 10.5 Å². The highest BCUT2D eigenvalue weighted by atomic mass is 32.2. The van der Waals surface area contributed by atoms with Crippen molar-refractivity contribution in [1.29, 1.82) is 0 Å². The van der Waals surface area contributed by atoms with Gasteiger partial charge in [-0.1, -0.05) is 6.07 Å². The van der Waals surface area contributed by atoms with Gasteiger partial charge in [0.15, 0.2) is 0 Å². The Bertz CT molecular complexity index is 590.